The molecule has 1 aliphatic heterocycles. The van der Waals surface area contributed by atoms with Crippen LogP contribution in [0.25, 0.3) is 15.9 Å². The average Bonchev–Trinajstić information content (AvgIpc) is 3.29. The van der Waals surface area contributed by atoms with Crippen LogP contribution in [0.2, 0.25) is 0 Å². The number of amides is 1. The smallest absolute Gasteiger partial charge is 0.291 e. The summed E-state index contributed by atoms with van der Waals surface area (Å²) in [5.74, 6) is 0.638. The van der Waals surface area contributed by atoms with Gasteiger partial charge in [-0.1, -0.05) is 6.92 Å². The lowest BCUT2D eigenvalue weighted by Gasteiger charge is -2.26. The molecule has 0 radical (unpaired) electrons. The highest BCUT2D eigenvalue weighted by Crippen LogP contribution is 2.38. The fraction of sp³-hybridized carbons (Fsp3) is 0.579. The lowest BCUT2D eigenvalue weighted by molar-refractivity contribution is 0.0383. The van der Waals surface area contributed by atoms with Gasteiger partial charge in [-0.05, 0) is 30.7 Å². The molecule has 0 saturated carbocycles. The van der Waals surface area contributed by atoms with E-state index in [0.29, 0.717) is 12.5 Å². The van der Waals surface area contributed by atoms with Crippen molar-refractivity contribution in [2.45, 2.75) is 26.2 Å². The van der Waals surface area contributed by atoms with Gasteiger partial charge in [0.2, 0.25) is 5.82 Å². The Morgan fingerprint density at radius 3 is 3.11 bits per heavy atom. The number of fused-ring (bicyclic) bond motifs is 5. The van der Waals surface area contributed by atoms with Gasteiger partial charge in [0, 0.05) is 31.1 Å². The zero-order chi connectivity index (χ0) is 19.1. The fourth-order valence-corrected chi connectivity index (χ4v) is 5.25. The van der Waals surface area contributed by atoms with Crippen molar-refractivity contribution in [2.24, 2.45) is 5.92 Å². The molecule has 28 heavy (non-hydrogen) atoms. The molecule has 0 bridgehead atoms. The van der Waals surface area contributed by atoms with Crippen LogP contribution in [0.1, 0.15) is 34.4 Å². The van der Waals surface area contributed by atoms with E-state index >= 15 is 0 Å². The highest BCUT2D eigenvalue weighted by atomic mass is 32.1. The van der Waals surface area contributed by atoms with Crippen molar-refractivity contribution >= 4 is 33.1 Å². The summed E-state index contributed by atoms with van der Waals surface area (Å²) in [6, 6.07) is 0. The molecule has 1 saturated heterocycles. The van der Waals surface area contributed by atoms with E-state index in [2.05, 4.69) is 32.2 Å². The van der Waals surface area contributed by atoms with Gasteiger partial charge in [0.05, 0.1) is 18.6 Å². The monoisotopic (exact) mass is 400 g/mol. The summed E-state index contributed by atoms with van der Waals surface area (Å²) < 4.78 is 6.99. The first kappa shape index (κ1) is 18.0. The molecule has 0 unspecified atom stereocenters. The topological polar surface area (TPSA) is 84.7 Å². The van der Waals surface area contributed by atoms with E-state index in [1.165, 1.54) is 16.9 Å². The lowest BCUT2D eigenvalue weighted by Crippen LogP contribution is -2.41. The number of hydrogen-bond acceptors (Lipinski definition) is 7. The molecule has 1 aliphatic carbocycles. The number of carbonyl (C=O) groups excluding carboxylic acids is 1. The molecule has 0 spiro atoms. The Balaban J connectivity index is 1.37. The van der Waals surface area contributed by atoms with E-state index in [1.807, 2.05) is 0 Å². The van der Waals surface area contributed by atoms with Gasteiger partial charge in [-0.3, -0.25) is 9.69 Å². The van der Waals surface area contributed by atoms with Crippen LogP contribution < -0.4 is 5.32 Å². The Hall–Kier alpha value is -2.10. The number of rotatable bonds is 4. The number of hydrogen-bond donors (Lipinski definition) is 1. The third-order valence-corrected chi connectivity index (χ3v) is 6.85. The summed E-state index contributed by atoms with van der Waals surface area (Å²) in [6.07, 6.45) is 5.04. The van der Waals surface area contributed by atoms with Crippen LogP contribution in [0.4, 0.5) is 0 Å². The average molecular weight is 401 g/mol. The second kappa shape index (κ2) is 7.38. The Kier molecular flexibility index (Phi) is 4.73. The van der Waals surface area contributed by atoms with Crippen molar-refractivity contribution in [1.29, 1.82) is 0 Å². The second-order valence-corrected chi connectivity index (χ2v) is 8.77. The zero-order valence-electron chi connectivity index (χ0n) is 16.0. The van der Waals surface area contributed by atoms with Crippen molar-refractivity contribution in [3.05, 3.63) is 22.6 Å². The van der Waals surface area contributed by atoms with Gasteiger partial charge in [0.1, 0.15) is 11.2 Å². The summed E-state index contributed by atoms with van der Waals surface area (Å²) in [6.45, 7) is 7.01. The molecule has 8 nitrogen and oxygen atoms in total. The normalized spacial score (nSPS) is 20.5. The van der Waals surface area contributed by atoms with Crippen molar-refractivity contribution in [1.82, 2.24) is 29.8 Å². The number of thiophene rings is 1. The number of carbonyl (C=O) groups is 1. The summed E-state index contributed by atoms with van der Waals surface area (Å²) in [5.41, 5.74) is 2.10. The molecule has 9 heteroatoms. The fourth-order valence-electron chi connectivity index (χ4n) is 4.07. The minimum absolute atomic E-state index is 0.208. The molecule has 148 valence electrons. The number of morpholine rings is 1. The third-order valence-electron chi connectivity index (χ3n) is 5.65. The maximum Gasteiger partial charge on any atom is 0.291 e. The molecular formula is C19H24N6O2S. The largest absolute Gasteiger partial charge is 0.379 e. The Bertz CT molecular complexity index is 1020. The molecule has 1 atom stereocenters. The maximum absolute atomic E-state index is 12.6. The van der Waals surface area contributed by atoms with E-state index in [1.54, 1.807) is 22.2 Å². The predicted molar refractivity (Wildman–Crippen MR) is 107 cm³/mol. The first-order chi connectivity index (χ1) is 13.7. The van der Waals surface area contributed by atoms with Crippen molar-refractivity contribution in [3.63, 3.8) is 0 Å². The molecule has 3 aromatic heterocycles. The molecule has 2 aliphatic rings. The molecular weight excluding hydrogens is 376 g/mol. The lowest BCUT2D eigenvalue weighted by atomic mass is 9.89. The van der Waals surface area contributed by atoms with Crippen LogP contribution in [0.15, 0.2) is 6.33 Å². The van der Waals surface area contributed by atoms with Crippen molar-refractivity contribution < 1.29 is 9.53 Å². The highest BCUT2D eigenvalue weighted by Gasteiger charge is 2.24. The minimum atomic E-state index is -0.234. The Morgan fingerprint density at radius 1 is 1.39 bits per heavy atom. The molecule has 3 aromatic rings. The number of nitrogens with one attached hydrogen (secondary N) is 1. The van der Waals surface area contributed by atoms with Crippen LogP contribution in [-0.4, -0.2) is 69.8 Å². The number of ether oxygens (including phenoxy) is 1. The second-order valence-electron chi connectivity index (χ2n) is 7.69. The van der Waals surface area contributed by atoms with Gasteiger partial charge < -0.3 is 10.1 Å². The van der Waals surface area contributed by atoms with E-state index in [9.17, 15) is 4.79 Å². The quantitative estimate of drug-likeness (QED) is 0.715. The summed E-state index contributed by atoms with van der Waals surface area (Å²) in [5, 5.41) is 8.40. The van der Waals surface area contributed by atoms with Crippen molar-refractivity contribution in [2.75, 3.05) is 39.4 Å². The van der Waals surface area contributed by atoms with E-state index in [-0.39, 0.29) is 11.7 Å². The van der Waals surface area contributed by atoms with Crippen LogP contribution in [0, 0.1) is 5.92 Å². The molecule has 1 N–H and O–H groups in total. The summed E-state index contributed by atoms with van der Waals surface area (Å²) in [7, 11) is 0. The molecule has 5 rings (SSSR count). The van der Waals surface area contributed by atoms with Gasteiger partial charge in [-0.15, -0.1) is 16.4 Å². The first-order valence-corrected chi connectivity index (χ1v) is 10.7. The number of aryl methyl sites for hydroxylation is 1. The van der Waals surface area contributed by atoms with Crippen LogP contribution in [0.5, 0.6) is 0 Å². The van der Waals surface area contributed by atoms with Crippen LogP contribution in [0.3, 0.4) is 0 Å². The van der Waals surface area contributed by atoms with E-state index in [4.69, 9.17) is 4.74 Å². The summed E-state index contributed by atoms with van der Waals surface area (Å²) in [4.78, 5) is 26.4. The molecule has 1 fully saturated rings. The van der Waals surface area contributed by atoms with E-state index in [0.717, 1.165) is 61.6 Å². The molecule has 4 heterocycles. The van der Waals surface area contributed by atoms with Gasteiger partial charge in [-0.2, -0.15) is 0 Å². The maximum atomic E-state index is 12.6. The Morgan fingerprint density at radius 2 is 2.25 bits per heavy atom. The first-order valence-electron chi connectivity index (χ1n) is 9.93. The highest BCUT2D eigenvalue weighted by molar-refractivity contribution is 7.19. The SMILES string of the molecule is C[C@H]1CCc2sc3ncn4nc(C(=O)NCCN5CCOCC5)nc4c3c2C1. The molecule has 0 aromatic carbocycles. The molecule has 1 amide bonds. The van der Waals surface area contributed by atoms with Gasteiger partial charge in [0.15, 0.2) is 5.65 Å². The minimum Gasteiger partial charge on any atom is -0.379 e. The predicted octanol–water partition coefficient (Wildman–Crippen LogP) is 1.53. The Labute approximate surface area is 166 Å². The van der Waals surface area contributed by atoms with Gasteiger partial charge >= 0.3 is 0 Å². The van der Waals surface area contributed by atoms with E-state index < -0.39 is 0 Å². The number of nitrogens with zero attached hydrogens (tertiary/aromatic N) is 5. The van der Waals surface area contributed by atoms with Crippen LogP contribution >= 0.6 is 11.3 Å². The van der Waals surface area contributed by atoms with Gasteiger partial charge in [-0.25, -0.2) is 14.5 Å². The summed E-state index contributed by atoms with van der Waals surface area (Å²) >= 11 is 1.76. The standard InChI is InChI=1S/C19H24N6O2S/c1-12-2-3-14-13(10-12)15-17-22-16(23-25(17)11-21-19(15)28-14)18(26)20-4-5-24-6-8-27-9-7-24/h11-12H,2-10H2,1H3,(H,20,26)/t12-/m0/s1. The van der Waals surface area contributed by atoms with Gasteiger partial charge in [0.25, 0.3) is 5.91 Å². The number of aromatic nitrogens is 4. The third kappa shape index (κ3) is 3.27. The van der Waals surface area contributed by atoms with Crippen molar-refractivity contribution in [3.8, 4) is 0 Å². The zero-order valence-corrected chi connectivity index (χ0v) is 16.8. The van der Waals surface area contributed by atoms with Crippen LogP contribution in [-0.2, 0) is 17.6 Å².